The van der Waals surface area contributed by atoms with Gasteiger partial charge in [0.1, 0.15) is 5.82 Å². The van der Waals surface area contributed by atoms with Gasteiger partial charge in [0.2, 0.25) is 0 Å². The Labute approximate surface area is 115 Å². The Morgan fingerprint density at radius 3 is 2.53 bits per heavy atom. The second-order valence-electron chi connectivity index (χ2n) is 5.68. The third kappa shape index (κ3) is 5.17. The fraction of sp³-hybridized carbons (Fsp3) is 0.600. The minimum absolute atomic E-state index is 0.0163. The highest BCUT2D eigenvalue weighted by atomic mass is 19.1. The first-order chi connectivity index (χ1) is 8.87. The monoisotopic (exact) mass is 268 g/mol. The van der Waals surface area contributed by atoms with Gasteiger partial charge in [-0.25, -0.2) is 4.39 Å². The fourth-order valence-electron chi connectivity index (χ4n) is 1.93. The lowest BCUT2D eigenvalue weighted by Crippen LogP contribution is -2.36. The molecule has 1 rings (SSSR count). The molecule has 3 nitrogen and oxygen atoms in total. The minimum Gasteiger partial charge on any atom is -0.395 e. The summed E-state index contributed by atoms with van der Waals surface area (Å²) in [6.45, 7) is 10.3. The van der Waals surface area contributed by atoms with Crippen molar-refractivity contribution in [1.29, 1.82) is 0 Å². The predicted octanol–water partition coefficient (Wildman–Crippen LogP) is 2.53. The molecule has 0 bridgehead atoms. The van der Waals surface area contributed by atoms with Gasteiger partial charge in [-0.3, -0.25) is 0 Å². The first-order valence-electron chi connectivity index (χ1n) is 6.76. The van der Waals surface area contributed by atoms with E-state index in [4.69, 9.17) is 5.11 Å². The van der Waals surface area contributed by atoms with Crippen LogP contribution in [0.15, 0.2) is 18.2 Å². The summed E-state index contributed by atoms with van der Waals surface area (Å²) in [6.07, 6.45) is 0. The van der Waals surface area contributed by atoms with E-state index >= 15 is 0 Å². The third-order valence-corrected chi connectivity index (χ3v) is 2.94. The van der Waals surface area contributed by atoms with Gasteiger partial charge >= 0.3 is 0 Å². The summed E-state index contributed by atoms with van der Waals surface area (Å²) in [5.74, 6) is -0.227. The van der Waals surface area contributed by atoms with Crippen molar-refractivity contribution < 1.29 is 9.50 Å². The van der Waals surface area contributed by atoms with Crippen LogP contribution in [0.25, 0.3) is 0 Å². The van der Waals surface area contributed by atoms with E-state index in [0.717, 1.165) is 17.8 Å². The number of nitrogens with zero attached hydrogens (tertiary/aromatic N) is 1. The van der Waals surface area contributed by atoms with Crippen LogP contribution in [0.2, 0.25) is 0 Å². The van der Waals surface area contributed by atoms with E-state index in [1.54, 1.807) is 12.1 Å². The molecule has 2 N–H and O–H groups in total. The van der Waals surface area contributed by atoms with Gasteiger partial charge in [0.25, 0.3) is 0 Å². The van der Waals surface area contributed by atoms with Gasteiger partial charge in [0, 0.05) is 30.9 Å². The normalized spacial score (nSPS) is 11.7. The van der Waals surface area contributed by atoms with E-state index in [9.17, 15) is 4.39 Å². The van der Waals surface area contributed by atoms with Crippen molar-refractivity contribution in [1.82, 2.24) is 5.32 Å². The molecular weight excluding hydrogens is 243 g/mol. The molecule has 108 valence electrons. The first-order valence-corrected chi connectivity index (χ1v) is 6.76. The van der Waals surface area contributed by atoms with Crippen molar-refractivity contribution in [3.05, 3.63) is 29.6 Å². The van der Waals surface area contributed by atoms with Gasteiger partial charge in [-0.05, 0) is 51.5 Å². The predicted molar refractivity (Wildman–Crippen MR) is 78.0 cm³/mol. The van der Waals surface area contributed by atoms with Crippen LogP contribution in [-0.2, 0) is 6.54 Å². The van der Waals surface area contributed by atoms with Crippen molar-refractivity contribution in [2.75, 3.05) is 24.6 Å². The molecule has 19 heavy (non-hydrogen) atoms. The van der Waals surface area contributed by atoms with Crippen molar-refractivity contribution in [3.63, 3.8) is 0 Å². The minimum atomic E-state index is -0.227. The third-order valence-electron chi connectivity index (χ3n) is 2.94. The van der Waals surface area contributed by atoms with Gasteiger partial charge in [-0.2, -0.15) is 0 Å². The molecule has 0 heterocycles. The summed E-state index contributed by atoms with van der Waals surface area (Å²) in [7, 11) is 0. The van der Waals surface area contributed by atoms with Crippen molar-refractivity contribution >= 4 is 5.69 Å². The molecule has 4 heteroatoms. The lowest BCUT2D eigenvalue weighted by molar-refractivity contribution is 0.302. The number of nitrogens with one attached hydrogen (secondary N) is 1. The topological polar surface area (TPSA) is 35.5 Å². The Hall–Kier alpha value is -1.13. The van der Waals surface area contributed by atoms with E-state index in [1.807, 2.05) is 6.92 Å². The van der Waals surface area contributed by atoms with Crippen LogP contribution in [0, 0.1) is 5.82 Å². The van der Waals surface area contributed by atoms with E-state index in [1.165, 1.54) is 6.07 Å². The molecule has 0 saturated carbocycles. The van der Waals surface area contributed by atoms with E-state index < -0.39 is 0 Å². The summed E-state index contributed by atoms with van der Waals surface area (Å²) in [6, 6.07) is 4.82. The summed E-state index contributed by atoms with van der Waals surface area (Å²) >= 11 is 0. The molecule has 0 aliphatic rings. The molecule has 0 fully saturated rings. The second-order valence-corrected chi connectivity index (χ2v) is 5.68. The van der Waals surface area contributed by atoms with E-state index in [-0.39, 0.29) is 18.0 Å². The number of rotatable bonds is 6. The van der Waals surface area contributed by atoms with Crippen LogP contribution in [0.5, 0.6) is 0 Å². The Kier molecular flexibility index (Phi) is 5.76. The molecule has 1 aromatic rings. The highest BCUT2D eigenvalue weighted by Gasteiger charge is 2.14. The lowest BCUT2D eigenvalue weighted by atomic mass is 10.1. The number of anilines is 1. The van der Waals surface area contributed by atoms with E-state index in [2.05, 4.69) is 31.0 Å². The van der Waals surface area contributed by atoms with Crippen molar-refractivity contribution in [3.8, 4) is 0 Å². The summed E-state index contributed by atoms with van der Waals surface area (Å²) in [5, 5.41) is 12.5. The van der Waals surface area contributed by atoms with Gasteiger partial charge in [-0.15, -0.1) is 0 Å². The quantitative estimate of drug-likeness (QED) is 0.832. The van der Waals surface area contributed by atoms with Crippen LogP contribution in [0.4, 0.5) is 10.1 Å². The highest BCUT2D eigenvalue weighted by Crippen LogP contribution is 2.22. The van der Waals surface area contributed by atoms with Gasteiger partial charge in [-0.1, -0.05) is 0 Å². The SMILES string of the molecule is CCN(CCO)c1ccc(F)cc1CNC(C)(C)C. The maximum atomic E-state index is 13.4. The zero-order valence-electron chi connectivity index (χ0n) is 12.3. The maximum absolute atomic E-state index is 13.4. The zero-order valence-corrected chi connectivity index (χ0v) is 12.3. The number of hydrogen-bond acceptors (Lipinski definition) is 3. The Morgan fingerprint density at radius 1 is 1.32 bits per heavy atom. The molecule has 0 radical (unpaired) electrons. The zero-order chi connectivity index (χ0) is 14.5. The number of likely N-dealkylation sites (N-methyl/N-ethyl adjacent to an activating group) is 1. The number of aliphatic hydroxyl groups is 1. The molecule has 0 aliphatic carbocycles. The molecule has 0 saturated heterocycles. The van der Waals surface area contributed by atoms with E-state index in [0.29, 0.717) is 13.1 Å². The molecular formula is C15H25FN2O. The number of hydrogen-bond donors (Lipinski definition) is 2. The lowest BCUT2D eigenvalue weighted by Gasteiger charge is -2.27. The Balaban J connectivity index is 2.96. The largest absolute Gasteiger partial charge is 0.395 e. The average molecular weight is 268 g/mol. The molecule has 0 spiro atoms. The smallest absolute Gasteiger partial charge is 0.123 e. The molecule has 0 unspecified atom stereocenters. The summed E-state index contributed by atoms with van der Waals surface area (Å²) < 4.78 is 13.4. The number of aliphatic hydroxyl groups excluding tert-OH is 1. The molecule has 1 aromatic carbocycles. The highest BCUT2D eigenvalue weighted by molar-refractivity contribution is 5.53. The average Bonchev–Trinajstić information content (AvgIpc) is 2.33. The Bertz CT molecular complexity index is 402. The second kappa shape index (κ2) is 6.87. The summed E-state index contributed by atoms with van der Waals surface area (Å²) in [4.78, 5) is 2.05. The van der Waals surface area contributed by atoms with Gasteiger partial charge < -0.3 is 15.3 Å². The molecule has 0 aromatic heterocycles. The number of halogens is 1. The summed E-state index contributed by atoms with van der Waals surface area (Å²) in [5.41, 5.74) is 1.89. The van der Waals surface area contributed by atoms with Crippen molar-refractivity contribution in [2.24, 2.45) is 0 Å². The maximum Gasteiger partial charge on any atom is 0.123 e. The van der Waals surface area contributed by atoms with Crippen molar-refractivity contribution in [2.45, 2.75) is 39.8 Å². The standard InChI is InChI=1S/C15H25FN2O/c1-5-18(8-9-19)14-7-6-13(16)10-12(14)11-17-15(2,3)4/h6-7,10,17,19H,5,8-9,11H2,1-4H3. The Morgan fingerprint density at radius 2 is 2.00 bits per heavy atom. The fourth-order valence-corrected chi connectivity index (χ4v) is 1.93. The van der Waals surface area contributed by atoms with Crippen LogP contribution in [0.3, 0.4) is 0 Å². The number of benzene rings is 1. The molecule has 0 aliphatic heterocycles. The molecule has 0 amide bonds. The van der Waals surface area contributed by atoms with Crippen LogP contribution in [0.1, 0.15) is 33.3 Å². The van der Waals surface area contributed by atoms with Gasteiger partial charge in [0.15, 0.2) is 0 Å². The van der Waals surface area contributed by atoms with Crippen LogP contribution >= 0.6 is 0 Å². The van der Waals surface area contributed by atoms with Crippen LogP contribution < -0.4 is 10.2 Å². The van der Waals surface area contributed by atoms with Crippen LogP contribution in [-0.4, -0.2) is 30.3 Å². The molecule has 0 atom stereocenters. The van der Waals surface area contributed by atoms with Gasteiger partial charge in [0.05, 0.1) is 6.61 Å². The first kappa shape index (κ1) is 15.9.